The van der Waals surface area contributed by atoms with Gasteiger partial charge in [0.15, 0.2) is 0 Å². The Kier molecular flexibility index (Phi) is 36.4. The highest BCUT2D eigenvalue weighted by Gasteiger charge is 2.07. The van der Waals surface area contributed by atoms with Crippen molar-refractivity contribution in [3.05, 3.63) is 48.6 Å². The van der Waals surface area contributed by atoms with Crippen LogP contribution >= 0.6 is 0 Å². The summed E-state index contributed by atoms with van der Waals surface area (Å²) in [5.41, 5.74) is 0. The molecule has 0 aromatic rings. The molecule has 0 N–H and O–H groups in total. The summed E-state index contributed by atoms with van der Waals surface area (Å²) in [6, 6.07) is 0.439. The van der Waals surface area contributed by atoms with Gasteiger partial charge in [-0.05, 0) is 91.1 Å². The molecule has 0 aliphatic rings. The van der Waals surface area contributed by atoms with Crippen molar-refractivity contribution >= 4 is 0 Å². The summed E-state index contributed by atoms with van der Waals surface area (Å²) < 4.78 is 0. The van der Waals surface area contributed by atoms with Gasteiger partial charge in [-0.25, -0.2) is 0 Å². The fourth-order valence-electron chi connectivity index (χ4n) is 5.41. The van der Waals surface area contributed by atoms with Crippen molar-refractivity contribution in [2.75, 3.05) is 27.2 Å². The standard InChI is InChI=1S/C41H77N3/c1-5-7-9-11-13-15-17-19-21-23-25-27-29-31-33-35-37-41(43-42-39-40-44(3)4)38-36-34-32-30-28-26-24-22-20-18-16-14-12-10-8-6-2/h13-16,19-22,41H,5-12,17-18,23-40H2,1-4H3. The van der Waals surface area contributed by atoms with E-state index in [-0.39, 0.29) is 0 Å². The van der Waals surface area contributed by atoms with E-state index < -0.39 is 0 Å². The normalized spacial score (nSPS) is 13.4. The lowest BCUT2D eigenvalue weighted by molar-refractivity contribution is 0.410. The van der Waals surface area contributed by atoms with Gasteiger partial charge < -0.3 is 4.90 Å². The molecule has 0 saturated heterocycles. The van der Waals surface area contributed by atoms with E-state index in [0.717, 1.165) is 25.9 Å². The molecule has 0 unspecified atom stereocenters. The minimum Gasteiger partial charge on any atom is -0.307 e. The molecule has 0 aromatic heterocycles. The summed E-state index contributed by atoms with van der Waals surface area (Å²) in [6.45, 7) is 6.36. The first kappa shape index (κ1) is 42.5. The van der Waals surface area contributed by atoms with Crippen molar-refractivity contribution in [3.63, 3.8) is 0 Å². The van der Waals surface area contributed by atoms with Crippen molar-refractivity contribution in [2.45, 2.75) is 187 Å². The van der Waals surface area contributed by atoms with Gasteiger partial charge in [-0.3, -0.25) is 0 Å². The summed E-state index contributed by atoms with van der Waals surface area (Å²) in [7, 11) is 4.22. The van der Waals surface area contributed by atoms with Gasteiger partial charge >= 0.3 is 0 Å². The second-order valence-electron chi connectivity index (χ2n) is 13.2. The zero-order valence-corrected chi connectivity index (χ0v) is 30.3. The van der Waals surface area contributed by atoms with E-state index in [9.17, 15) is 0 Å². The van der Waals surface area contributed by atoms with E-state index in [4.69, 9.17) is 5.11 Å². The highest BCUT2D eigenvalue weighted by molar-refractivity contribution is 4.93. The lowest BCUT2D eigenvalue weighted by Crippen LogP contribution is -2.15. The second-order valence-corrected chi connectivity index (χ2v) is 13.2. The summed E-state index contributed by atoms with van der Waals surface area (Å²) in [5.74, 6) is 0. The topological polar surface area (TPSA) is 28.0 Å². The predicted molar refractivity (Wildman–Crippen MR) is 200 cm³/mol. The molecule has 0 spiro atoms. The van der Waals surface area contributed by atoms with Crippen LogP contribution in [0.2, 0.25) is 0 Å². The van der Waals surface area contributed by atoms with E-state index in [1.165, 1.54) is 154 Å². The number of hydrogen-bond acceptors (Lipinski definition) is 3. The largest absolute Gasteiger partial charge is 0.307 e. The molecule has 0 heterocycles. The molecular formula is C41H77N3. The summed E-state index contributed by atoms with van der Waals surface area (Å²) in [4.78, 5) is 2.19. The van der Waals surface area contributed by atoms with Gasteiger partial charge in [-0.15, -0.1) is 0 Å². The Bertz CT molecular complexity index is 640. The molecule has 3 nitrogen and oxygen atoms in total. The van der Waals surface area contributed by atoms with Crippen LogP contribution in [0.15, 0.2) is 58.8 Å². The third-order valence-electron chi connectivity index (χ3n) is 8.37. The molecule has 0 amide bonds. The first-order valence-electron chi connectivity index (χ1n) is 19.3. The molecule has 3 heteroatoms. The molecule has 0 atom stereocenters. The number of likely N-dealkylation sites (N-methyl/N-ethyl adjacent to an activating group) is 1. The van der Waals surface area contributed by atoms with Crippen LogP contribution in [0.5, 0.6) is 0 Å². The van der Waals surface area contributed by atoms with E-state index in [2.05, 4.69) is 86.6 Å². The average Bonchev–Trinajstić information content (AvgIpc) is 3.02. The van der Waals surface area contributed by atoms with Gasteiger partial charge in [0.2, 0.25) is 0 Å². The Balaban J connectivity index is 3.87. The van der Waals surface area contributed by atoms with Crippen molar-refractivity contribution in [2.24, 2.45) is 10.2 Å². The molecule has 44 heavy (non-hydrogen) atoms. The van der Waals surface area contributed by atoms with Crippen LogP contribution in [-0.4, -0.2) is 38.1 Å². The maximum Gasteiger partial charge on any atom is 0.0725 e. The van der Waals surface area contributed by atoms with Gasteiger partial charge in [0.25, 0.3) is 0 Å². The van der Waals surface area contributed by atoms with Gasteiger partial charge in [0.1, 0.15) is 0 Å². The van der Waals surface area contributed by atoms with Gasteiger partial charge in [0, 0.05) is 6.54 Å². The SMILES string of the molecule is CCCCCC=CCC=CCCCCCCCCC(CCCCCCCCC=CCC=CCCCCC)N=NCCN(C)C. The number of allylic oxidation sites excluding steroid dienone is 8. The fraction of sp³-hybridized carbons (Fsp3) is 0.805. The van der Waals surface area contributed by atoms with E-state index >= 15 is 0 Å². The fourth-order valence-corrected chi connectivity index (χ4v) is 5.41. The van der Waals surface area contributed by atoms with E-state index in [1.54, 1.807) is 0 Å². The Morgan fingerprint density at radius 2 is 0.818 bits per heavy atom. The number of azo groups is 1. The van der Waals surface area contributed by atoms with Crippen molar-refractivity contribution < 1.29 is 0 Å². The lowest BCUT2D eigenvalue weighted by Gasteiger charge is -2.12. The van der Waals surface area contributed by atoms with Gasteiger partial charge in [0.05, 0.1) is 12.6 Å². The number of hydrogen-bond donors (Lipinski definition) is 0. The average molecular weight is 612 g/mol. The number of nitrogens with zero attached hydrogens (tertiary/aromatic N) is 3. The van der Waals surface area contributed by atoms with Crippen molar-refractivity contribution in [1.82, 2.24) is 4.90 Å². The molecule has 0 saturated carbocycles. The predicted octanol–water partition coefficient (Wildman–Crippen LogP) is 13.8. The molecule has 0 fully saturated rings. The Labute approximate surface area is 277 Å². The van der Waals surface area contributed by atoms with Crippen LogP contribution in [-0.2, 0) is 0 Å². The smallest absolute Gasteiger partial charge is 0.0725 e. The van der Waals surface area contributed by atoms with Crippen molar-refractivity contribution in [1.29, 1.82) is 0 Å². The van der Waals surface area contributed by atoms with Crippen LogP contribution in [0.1, 0.15) is 181 Å². The molecule has 0 radical (unpaired) electrons. The molecule has 256 valence electrons. The molecule has 0 aliphatic heterocycles. The third-order valence-corrected chi connectivity index (χ3v) is 8.37. The van der Waals surface area contributed by atoms with Crippen LogP contribution in [0.25, 0.3) is 0 Å². The molecule has 0 rings (SSSR count). The summed E-state index contributed by atoms with van der Waals surface area (Å²) in [6.07, 6.45) is 52.8. The zero-order valence-electron chi connectivity index (χ0n) is 30.3. The first-order chi connectivity index (χ1) is 21.7. The minimum absolute atomic E-state index is 0.439. The van der Waals surface area contributed by atoms with Crippen molar-refractivity contribution in [3.8, 4) is 0 Å². The molecule has 0 bridgehead atoms. The molecular weight excluding hydrogens is 534 g/mol. The quantitative estimate of drug-likeness (QED) is 0.0404. The zero-order chi connectivity index (χ0) is 32.0. The van der Waals surface area contributed by atoms with Crippen LogP contribution < -0.4 is 0 Å². The monoisotopic (exact) mass is 612 g/mol. The highest BCUT2D eigenvalue weighted by Crippen LogP contribution is 2.18. The minimum atomic E-state index is 0.439. The Hall–Kier alpha value is -1.48. The summed E-state index contributed by atoms with van der Waals surface area (Å²) >= 11 is 0. The molecule has 0 aromatic carbocycles. The maximum atomic E-state index is 4.78. The Morgan fingerprint density at radius 1 is 0.455 bits per heavy atom. The number of rotatable bonds is 34. The second kappa shape index (κ2) is 37.7. The van der Waals surface area contributed by atoms with Gasteiger partial charge in [-0.1, -0.05) is 152 Å². The van der Waals surface area contributed by atoms with E-state index in [0.29, 0.717) is 6.04 Å². The lowest BCUT2D eigenvalue weighted by atomic mass is 10.0. The highest BCUT2D eigenvalue weighted by atomic mass is 15.1. The first-order valence-corrected chi connectivity index (χ1v) is 19.3. The summed E-state index contributed by atoms with van der Waals surface area (Å²) in [5, 5.41) is 9.34. The maximum absolute atomic E-state index is 4.78. The third kappa shape index (κ3) is 36.7. The van der Waals surface area contributed by atoms with Crippen LogP contribution in [0.3, 0.4) is 0 Å². The van der Waals surface area contributed by atoms with Gasteiger partial charge in [-0.2, -0.15) is 10.2 Å². The van der Waals surface area contributed by atoms with Crippen LogP contribution in [0.4, 0.5) is 0 Å². The van der Waals surface area contributed by atoms with E-state index in [1.807, 2.05) is 0 Å². The molecule has 0 aliphatic carbocycles. The Morgan fingerprint density at radius 3 is 1.20 bits per heavy atom. The number of unbranched alkanes of at least 4 members (excludes halogenated alkanes) is 18. The van der Waals surface area contributed by atoms with Crippen LogP contribution in [0, 0.1) is 0 Å².